The number of hydrogen-bond donors (Lipinski definition) is 12. The zero-order chi connectivity index (χ0) is 48.0. The molecular formula is C42H71N11O10. The molecule has 0 bridgehead atoms. The van der Waals surface area contributed by atoms with Crippen LogP contribution in [-0.4, -0.2) is 114 Å². The molecule has 0 fully saturated rings. The Morgan fingerprint density at radius 1 is 0.556 bits per heavy atom. The molecule has 0 saturated carbocycles. The van der Waals surface area contributed by atoms with Crippen molar-refractivity contribution >= 4 is 53.2 Å². The van der Waals surface area contributed by atoms with Gasteiger partial charge in [0.2, 0.25) is 53.2 Å². The van der Waals surface area contributed by atoms with Gasteiger partial charge in [-0.1, -0.05) is 53.7 Å². The number of phenolic OH excluding ortho intramolecular Hbond substituents is 1. The summed E-state index contributed by atoms with van der Waals surface area (Å²) in [7, 11) is 0. The molecule has 0 radical (unpaired) electrons. The third-order valence-electron chi connectivity index (χ3n) is 9.53. The van der Waals surface area contributed by atoms with Gasteiger partial charge in [-0.15, -0.1) is 0 Å². The molecule has 0 aliphatic carbocycles. The number of benzene rings is 1. The molecule has 21 nitrogen and oxygen atoms in total. The van der Waals surface area contributed by atoms with E-state index in [1.807, 2.05) is 13.8 Å². The average molecular weight is 890 g/mol. The Morgan fingerprint density at radius 2 is 0.984 bits per heavy atom. The number of unbranched alkanes of at least 4 members (excludes halogenated alkanes) is 1. The first-order chi connectivity index (χ1) is 29.4. The third kappa shape index (κ3) is 22.2. The molecule has 0 aliphatic heterocycles. The van der Waals surface area contributed by atoms with E-state index in [0.717, 1.165) is 0 Å². The molecule has 21 heteroatoms. The first kappa shape index (κ1) is 55.2. The van der Waals surface area contributed by atoms with Gasteiger partial charge in [-0.05, 0) is 87.4 Å². The smallest absolute Gasteiger partial charge is 0.243 e. The zero-order valence-electron chi connectivity index (χ0n) is 37.6. The minimum absolute atomic E-state index is 0.0346. The number of nitrogens with two attached hydrogens (primary N) is 4. The van der Waals surface area contributed by atoms with Crippen LogP contribution in [0.5, 0.6) is 5.75 Å². The molecule has 1 rings (SSSR count). The molecule has 9 amide bonds. The van der Waals surface area contributed by atoms with E-state index >= 15 is 0 Å². The maximum absolute atomic E-state index is 14.1. The van der Waals surface area contributed by atoms with Gasteiger partial charge in [0.15, 0.2) is 0 Å². The Labute approximate surface area is 369 Å². The van der Waals surface area contributed by atoms with Crippen molar-refractivity contribution < 1.29 is 48.3 Å². The maximum atomic E-state index is 14.1. The molecule has 0 saturated heterocycles. The van der Waals surface area contributed by atoms with E-state index in [9.17, 15) is 48.3 Å². The van der Waals surface area contributed by atoms with Crippen molar-refractivity contribution in [3.05, 3.63) is 29.8 Å². The van der Waals surface area contributed by atoms with Crippen LogP contribution in [0, 0.1) is 17.8 Å². The first-order valence-corrected chi connectivity index (χ1v) is 21.3. The summed E-state index contributed by atoms with van der Waals surface area (Å²) in [5.74, 6) is -7.58. The molecule has 0 heterocycles. The number of aromatic hydroxyl groups is 1. The van der Waals surface area contributed by atoms with E-state index in [1.165, 1.54) is 19.1 Å². The number of rotatable bonds is 29. The second-order valence-electron chi connectivity index (χ2n) is 17.0. The van der Waals surface area contributed by atoms with Crippen LogP contribution in [0.3, 0.4) is 0 Å². The Balaban J connectivity index is 3.35. The van der Waals surface area contributed by atoms with E-state index < -0.39 is 108 Å². The second kappa shape index (κ2) is 28.0. The Morgan fingerprint density at radius 3 is 1.43 bits per heavy atom. The summed E-state index contributed by atoms with van der Waals surface area (Å²) >= 11 is 0. The van der Waals surface area contributed by atoms with Crippen molar-refractivity contribution in [2.75, 3.05) is 13.1 Å². The number of carbonyl (C=O) groups is 9. The number of carbonyl (C=O) groups excluding carboxylic acids is 9. The van der Waals surface area contributed by atoms with Crippen LogP contribution >= 0.6 is 0 Å². The van der Waals surface area contributed by atoms with Gasteiger partial charge in [-0.3, -0.25) is 43.2 Å². The van der Waals surface area contributed by atoms with Crippen LogP contribution in [0.4, 0.5) is 0 Å². The number of phenols is 1. The molecule has 0 aliphatic rings. The largest absolute Gasteiger partial charge is 0.508 e. The lowest BCUT2D eigenvalue weighted by atomic mass is 9.99. The van der Waals surface area contributed by atoms with Crippen molar-refractivity contribution in [2.24, 2.45) is 40.7 Å². The molecule has 354 valence electrons. The lowest BCUT2D eigenvalue weighted by Gasteiger charge is -2.28. The van der Waals surface area contributed by atoms with Crippen LogP contribution < -0.4 is 60.2 Å². The summed E-state index contributed by atoms with van der Waals surface area (Å²) in [5, 5.41) is 27.7. The molecular weight excluding hydrogens is 819 g/mol. The van der Waals surface area contributed by atoms with E-state index in [0.29, 0.717) is 24.9 Å². The SMILES string of the molecule is CC(C)C[C@H](NC(=O)[C@H](C)N)C(=O)N[C@@H](Cc1ccc(O)cc1)C(=O)N[C@@H](CC(C)C)C(=O)N[C@@H](CC(N)=O)C(=O)N[C@@H](CC(C)C)C(=O)NCC(=O)N[C@@H](CCCCN)C(N)=O. The standard InChI is InChI=1S/C42H71N11O10/c1-22(2)16-29(38(59)47-21-35(56)48-28(36(46)57)10-8-9-15-43)50-42(63)33(20-34(45)55)53-40(61)31(18-24(5)6)51-41(62)32(19-26-11-13-27(54)14-12-26)52-39(60)30(17-23(3)4)49-37(58)25(7)44/h11-14,22-25,28-33,54H,8-10,15-21,43-44H2,1-7H3,(H2,45,55)(H2,46,57)(H,47,59)(H,48,56)(H,49,58)(H,50,63)(H,51,62)(H,52,60)(H,53,61)/t25-,28-,29-,30-,31-,32-,33-/m0/s1. The van der Waals surface area contributed by atoms with Crippen LogP contribution in [0.25, 0.3) is 0 Å². The van der Waals surface area contributed by atoms with Crippen LogP contribution in [0.1, 0.15) is 99.0 Å². The highest BCUT2D eigenvalue weighted by atomic mass is 16.3. The Kier molecular flexibility index (Phi) is 24.5. The van der Waals surface area contributed by atoms with Crippen LogP contribution in [0.15, 0.2) is 24.3 Å². The fraction of sp³-hybridized carbons (Fsp3) is 0.643. The van der Waals surface area contributed by atoms with Crippen molar-refractivity contribution in [1.82, 2.24) is 37.2 Å². The van der Waals surface area contributed by atoms with Crippen molar-refractivity contribution in [3.8, 4) is 5.75 Å². The molecule has 1 aromatic rings. The Hall–Kier alpha value is -5.83. The summed E-state index contributed by atoms with van der Waals surface area (Å²) in [5.41, 5.74) is 22.6. The van der Waals surface area contributed by atoms with Gasteiger partial charge in [0, 0.05) is 6.42 Å². The number of amides is 9. The highest BCUT2D eigenvalue weighted by Gasteiger charge is 2.34. The normalized spacial score (nSPS) is 14.5. The fourth-order valence-corrected chi connectivity index (χ4v) is 6.30. The van der Waals surface area contributed by atoms with E-state index in [4.69, 9.17) is 22.9 Å². The average Bonchev–Trinajstić information content (AvgIpc) is 3.18. The summed E-state index contributed by atoms with van der Waals surface area (Å²) in [4.78, 5) is 118. The minimum atomic E-state index is -1.62. The number of hydrogen-bond acceptors (Lipinski definition) is 12. The lowest BCUT2D eigenvalue weighted by Crippen LogP contribution is -2.60. The topological polar surface area (TPSA) is 362 Å². The zero-order valence-corrected chi connectivity index (χ0v) is 37.6. The lowest BCUT2D eigenvalue weighted by molar-refractivity contribution is -0.136. The van der Waals surface area contributed by atoms with Gasteiger partial charge in [0.1, 0.15) is 42.0 Å². The summed E-state index contributed by atoms with van der Waals surface area (Å²) in [6.07, 6.45) is 0.915. The van der Waals surface area contributed by atoms with Gasteiger partial charge in [0.25, 0.3) is 0 Å². The van der Waals surface area contributed by atoms with E-state index in [-0.39, 0.29) is 55.6 Å². The second-order valence-corrected chi connectivity index (χ2v) is 17.0. The molecule has 1 aromatic carbocycles. The molecule has 16 N–H and O–H groups in total. The molecule has 7 atom stereocenters. The summed E-state index contributed by atoms with van der Waals surface area (Å²) < 4.78 is 0. The predicted octanol–water partition coefficient (Wildman–Crippen LogP) is -2.07. The van der Waals surface area contributed by atoms with Crippen molar-refractivity contribution in [2.45, 2.75) is 142 Å². The van der Waals surface area contributed by atoms with Gasteiger partial charge >= 0.3 is 0 Å². The number of primary amides is 2. The molecule has 63 heavy (non-hydrogen) atoms. The molecule has 0 spiro atoms. The van der Waals surface area contributed by atoms with Gasteiger partial charge in [0.05, 0.1) is 19.0 Å². The van der Waals surface area contributed by atoms with Gasteiger partial charge in [-0.25, -0.2) is 0 Å². The monoisotopic (exact) mass is 890 g/mol. The summed E-state index contributed by atoms with van der Waals surface area (Å²) in [6, 6.07) is -2.58. The van der Waals surface area contributed by atoms with Crippen LogP contribution in [-0.2, 0) is 49.6 Å². The first-order valence-electron chi connectivity index (χ1n) is 21.3. The van der Waals surface area contributed by atoms with Gasteiger partial charge in [-0.2, -0.15) is 0 Å². The summed E-state index contributed by atoms with van der Waals surface area (Å²) in [6.45, 7) is 12.1. The maximum Gasteiger partial charge on any atom is 0.243 e. The highest BCUT2D eigenvalue weighted by Crippen LogP contribution is 2.14. The van der Waals surface area contributed by atoms with E-state index in [2.05, 4.69) is 37.2 Å². The highest BCUT2D eigenvalue weighted by molar-refractivity contribution is 5.98. The number of nitrogens with one attached hydrogen (secondary N) is 7. The van der Waals surface area contributed by atoms with E-state index in [1.54, 1.807) is 39.8 Å². The van der Waals surface area contributed by atoms with Crippen molar-refractivity contribution in [1.29, 1.82) is 0 Å². The van der Waals surface area contributed by atoms with Crippen molar-refractivity contribution in [3.63, 3.8) is 0 Å². The quantitative estimate of drug-likeness (QED) is 0.0387. The molecule has 0 unspecified atom stereocenters. The fourth-order valence-electron chi connectivity index (χ4n) is 6.30. The van der Waals surface area contributed by atoms with Gasteiger partial charge < -0.3 is 65.3 Å². The minimum Gasteiger partial charge on any atom is -0.508 e. The van der Waals surface area contributed by atoms with Crippen LogP contribution in [0.2, 0.25) is 0 Å². The predicted molar refractivity (Wildman–Crippen MR) is 234 cm³/mol. The molecule has 0 aromatic heterocycles. The Bertz CT molecular complexity index is 1710. The third-order valence-corrected chi connectivity index (χ3v) is 9.53.